The number of nitro benzene ring substituents is 1. The van der Waals surface area contributed by atoms with Crippen molar-refractivity contribution in [2.24, 2.45) is 0 Å². The summed E-state index contributed by atoms with van der Waals surface area (Å²) in [6, 6.07) is 15.9. The van der Waals surface area contributed by atoms with E-state index in [1.807, 2.05) is 6.92 Å². The molecule has 2 heterocycles. The number of anilines is 1. The quantitative estimate of drug-likeness (QED) is 0.260. The van der Waals surface area contributed by atoms with Crippen LogP contribution in [0, 0.1) is 17.0 Å². The average Bonchev–Trinajstić information content (AvgIpc) is 3.50. The van der Waals surface area contributed by atoms with Crippen LogP contribution in [0.4, 0.5) is 11.4 Å². The van der Waals surface area contributed by atoms with E-state index in [1.165, 1.54) is 18.2 Å². The third kappa shape index (κ3) is 4.73. The van der Waals surface area contributed by atoms with Gasteiger partial charge in [-0.2, -0.15) is 5.10 Å². The van der Waals surface area contributed by atoms with Gasteiger partial charge in [-0.1, -0.05) is 11.6 Å². The van der Waals surface area contributed by atoms with Crippen molar-refractivity contribution >= 4 is 28.9 Å². The second-order valence-corrected chi connectivity index (χ2v) is 8.08. The first-order valence-corrected chi connectivity index (χ1v) is 10.7. The maximum Gasteiger partial charge on any atom is 0.275 e. The molecule has 3 aromatic carbocycles. The molecule has 1 amide bonds. The van der Waals surface area contributed by atoms with Crippen LogP contribution in [0.15, 0.2) is 60.7 Å². The molecule has 0 saturated heterocycles. The van der Waals surface area contributed by atoms with Gasteiger partial charge in [0.15, 0.2) is 11.5 Å². The van der Waals surface area contributed by atoms with Crippen molar-refractivity contribution in [2.75, 3.05) is 12.1 Å². The molecule has 176 valence electrons. The highest BCUT2D eigenvalue weighted by Gasteiger charge is 2.18. The van der Waals surface area contributed by atoms with Gasteiger partial charge in [0.2, 0.25) is 6.79 Å². The van der Waals surface area contributed by atoms with Crippen LogP contribution >= 0.6 is 11.6 Å². The van der Waals surface area contributed by atoms with E-state index < -0.39 is 10.8 Å². The molecule has 0 aliphatic carbocycles. The number of fused-ring (bicyclic) bond motifs is 1. The standard InChI is InChI=1S/C24H17ClN4O6/c1-13-6-17(3-4-19(13)25)35-18-9-15(8-16(10-18)29(31)32)26-24(30)21-11-20(27-28-21)14-2-5-22-23(7-14)34-12-33-22/h2-11H,12H2,1H3,(H,26,30)(H,27,28). The van der Waals surface area contributed by atoms with Gasteiger partial charge < -0.3 is 19.5 Å². The average molecular weight is 493 g/mol. The highest BCUT2D eigenvalue weighted by atomic mass is 35.5. The molecule has 11 heteroatoms. The highest BCUT2D eigenvalue weighted by molar-refractivity contribution is 6.31. The van der Waals surface area contributed by atoms with E-state index >= 15 is 0 Å². The van der Waals surface area contributed by atoms with Crippen molar-refractivity contribution in [2.45, 2.75) is 6.92 Å². The summed E-state index contributed by atoms with van der Waals surface area (Å²) in [5, 5.41) is 21.5. The van der Waals surface area contributed by atoms with Crippen molar-refractivity contribution in [1.29, 1.82) is 0 Å². The predicted octanol–water partition coefficient (Wildman–Crippen LogP) is 5.72. The Balaban J connectivity index is 1.37. The maximum absolute atomic E-state index is 12.8. The normalized spacial score (nSPS) is 11.8. The Kier molecular flexibility index (Phi) is 5.71. The van der Waals surface area contributed by atoms with Crippen LogP contribution in [0.25, 0.3) is 11.3 Å². The number of H-pyrrole nitrogens is 1. The molecule has 1 aliphatic heterocycles. The number of aryl methyl sites for hydroxylation is 1. The molecule has 0 bridgehead atoms. The molecule has 0 unspecified atom stereocenters. The van der Waals surface area contributed by atoms with Crippen molar-refractivity contribution in [1.82, 2.24) is 10.2 Å². The monoisotopic (exact) mass is 492 g/mol. The summed E-state index contributed by atoms with van der Waals surface area (Å²) < 4.78 is 16.5. The molecule has 35 heavy (non-hydrogen) atoms. The van der Waals surface area contributed by atoms with Crippen molar-refractivity contribution in [3.63, 3.8) is 0 Å². The number of carbonyl (C=O) groups excluding carboxylic acids is 1. The molecule has 0 saturated carbocycles. The Morgan fingerprint density at radius 3 is 2.71 bits per heavy atom. The number of aromatic amines is 1. The largest absolute Gasteiger partial charge is 0.457 e. The zero-order valence-corrected chi connectivity index (χ0v) is 19.0. The van der Waals surface area contributed by atoms with Crippen LogP contribution in [0.3, 0.4) is 0 Å². The third-order valence-electron chi connectivity index (χ3n) is 5.22. The van der Waals surface area contributed by atoms with Gasteiger partial charge in [-0.3, -0.25) is 20.0 Å². The number of benzene rings is 3. The van der Waals surface area contributed by atoms with Crippen LogP contribution in [-0.4, -0.2) is 27.8 Å². The van der Waals surface area contributed by atoms with E-state index in [9.17, 15) is 14.9 Å². The molecule has 0 spiro atoms. The van der Waals surface area contributed by atoms with Crippen molar-refractivity contribution in [3.8, 4) is 34.3 Å². The number of aromatic nitrogens is 2. The number of halogens is 1. The molecule has 4 aromatic rings. The minimum absolute atomic E-state index is 0.152. The minimum Gasteiger partial charge on any atom is -0.457 e. The third-order valence-corrected chi connectivity index (χ3v) is 5.64. The lowest BCUT2D eigenvalue weighted by Gasteiger charge is -2.10. The van der Waals surface area contributed by atoms with E-state index in [0.29, 0.717) is 28.0 Å². The summed E-state index contributed by atoms with van der Waals surface area (Å²) in [6.45, 7) is 1.97. The van der Waals surface area contributed by atoms with Crippen molar-refractivity contribution in [3.05, 3.63) is 87.1 Å². The number of hydrogen-bond acceptors (Lipinski definition) is 7. The van der Waals surface area contributed by atoms with Crippen LogP contribution in [0.5, 0.6) is 23.0 Å². The number of carbonyl (C=O) groups is 1. The fourth-order valence-corrected chi connectivity index (χ4v) is 3.59. The minimum atomic E-state index is -0.566. The van der Waals surface area contributed by atoms with E-state index in [-0.39, 0.29) is 29.6 Å². The Morgan fingerprint density at radius 2 is 1.91 bits per heavy atom. The number of non-ortho nitro benzene ring substituents is 1. The summed E-state index contributed by atoms with van der Waals surface area (Å²) in [5.74, 6) is 1.34. The molecular weight excluding hydrogens is 476 g/mol. The van der Waals surface area contributed by atoms with Gasteiger partial charge in [0, 0.05) is 22.7 Å². The lowest BCUT2D eigenvalue weighted by Crippen LogP contribution is -2.12. The van der Waals surface area contributed by atoms with Gasteiger partial charge in [0.25, 0.3) is 11.6 Å². The Bertz CT molecular complexity index is 1470. The number of rotatable bonds is 6. The van der Waals surface area contributed by atoms with Gasteiger partial charge in [-0.15, -0.1) is 0 Å². The topological polar surface area (TPSA) is 129 Å². The van der Waals surface area contributed by atoms with E-state index in [0.717, 1.165) is 11.1 Å². The molecule has 1 aromatic heterocycles. The SMILES string of the molecule is Cc1cc(Oc2cc(NC(=O)c3cc(-c4ccc5c(c4)OCO5)n[nH]3)cc([N+](=O)[O-])c2)ccc1Cl. The first kappa shape index (κ1) is 22.2. The van der Waals surface area contributed by atoms with Gasteiger partial charge >= 0.3 is 0 Å². The van der Waals surface area contributed by atoms with Crippen LogP contribution < -0.4 is 19.5 Å². The highest BCUT2D eigenvalue weighted by Crippen LogP contribution is 2.36. The number of amides is 1. The number of nitrogens with one attached hydrogen (secondary N) is 2. The summed E-state index contributed by atoms with van der Waals surface area (Å²) in [5.41, 5.74) is 2.15. The van der Waals surface area contributed by atoms with Gasteiger partial charge in [-0.25, -0.2) is 0 Å². The fourth-order valence-electron chi connectivity index (χ4n) is 3.48. The number of nitrogens with zero attached hydrogens (tertiary/aromatic N) is 2. The number of ether oxygens (including phenoxy) is 3. The van der Waals surface area contributed by atoms with E-state index in [2.05, 4.69) is 15.5 Å². The maximum atomic E-state index is 12.8. The first-order valence-electron chi connectivity index (χ1n) is 10.4. The number of nitro groups is 1. The summed E-state index contributed by atoms with van der Waals surface area (Å²) in [6.07, 6.45) is 0. The van der Waals surface area contributed by atoms with Crippen LogP contribution in [0.2, 0.25) is 5.02 Å². The van der Waals surface area contributed by atoms with Crippen LogP contribution in [-0.2, 0) is 0 Å². The predicted molar refractivity (Wildman–Crippen MR) is 127 cm³/mol. The van der Waals surface area contributed by atoms with E-state index in [1.54, 1.807) is 42.5 Å². The lowest BCUT2D eigenvalue weighted by atomic mass is 10.1. The molecule has 0 atom stereocenters. The molecule has 10 nitrogen and oxygen atoms in total. The lowest BCUT2D eigenvalue weighted by molar-refractivity contribution is -0.384. The smallest absolute Gasteiger partial charge is 0.275 e. The molecule has 1 aliphatic rings. The molecular formula is C24H17ClN4O6. The molecule has 5 rings (SSSR count). The van der Waals surface area contributed by atoms with Gasteiger partial charge in [0.1, 0.15) is 17.2 Å². The zero-order chi connectivity index (χ0) is 24.5. The Hall–Kier alpha value is -4.57. The fraction of sp³-hybridized carbons (Fsp3) is 0.0833. The molecule has 0 fully saturated rings. The summed E-state index contributed by atoms with van der Waals surface area (Å²) in [4.78, 5) is 23.7. The first-order chi connectivity index (χ1) is 16.9. The molecule has 0 radical (unpaired) electrons. The molecule has 2 N–H and O–H groups in total. The Morgan fingerprint density at radius 1 is 1.09 bits per heavy atom. The van der Waals surface area contributed by atoms with Crippen molar-refractivity contribution < 1.29 is 23.9 Å². The summed E-state index contributed by atoms with van der Waals surface area (Å²) in [7, 11) is 0. The van der Waals surface area contributed by atoms with Crippen LogP contribution in [0.1, 0.15) is 16.1 Å². The van der Waals surface area contributed by atoms with E-state index in [4.69, 9.17) is 25.8 Å². The van der Waals surface area contributed by atoms with Gasteiger partial charge in [0.05, 0.1) is 22.4 Å². The Labute approximate surface area is 203 Å². The van der Waals surface area contributed by atoms with Gasteiger partial charge in [-0.05, 0) is 55.0 Å². The second-order valence-electron chi connectivity index (χ2n) is 7.67. The summed E-state index contributed by atoms with van der Waals surface area (Å²) >= 11 is 6.04. The second kappa shape index (κ2) is 8.99. The number of hydrogen-bond donors (Lipinski definition) is 2. The zero-order valence-electron chi connectivity index (χ0n) is 18.2.